The van der Waals surface area contributed by atoms with Crippen LogP contribution in [0.1, 0.15) is 32.6 Å². The van der Waals surface area contributed by atoms with Gasteiger partial charge in [-0.3, -0.25) is 4.79 Å². The van der Waals surface area contributed by atoms with Crippen molar-refractivity contribution in [1.82, 2.24) is 0 Å². The lowest BCUT2D eigenvalue weighted by Gasteiger charge is -2.27. The van der Waals surface area contributed by atoms with E-state index in [-0.39, 0.29) is 0 Å². The molecule has 1 aliphatic carbocycles. The standard InChI is InChI=1S/C7H13BO/c1-7(8)4-2-3-6(9)5-7/h2-5,8H2,1H3. The van der Waals surface area contributed by atoms with Gasteiger partial charge in [0.15, 0.2) is 0 Å². The number of hydrogen-bond donors (Lipinski definition) is 0. The molecule has 0 bridgehead atoms. The molecule has 0 aliphatic heterocycles. The molecule has 0 amide bonds. The Kier molecular flexibility index (Phi) is 1.65. The summed E-state index contributed by atoms with van der Waals surface area (Å²) < 4.78 is 0. The van der Waals surface area contributed by atoms with Crippen molar-refractivity contribution in [1.29, 1.82) is 0 Å². The van der Waals surface area contributed by atoms with Crippen molar-refractivity contribution in [3.8, 4) is 0 Å². The summed E-state index contributed by atoms with van der Waals surface area (Å²) in [5.41, 5.74) is 0. The lowest BCUT2D eigenvalue weighted by atomic mass is 9.61. The molecule has 1 atom stereocenters. The Morgan fingerprint density at radius 2 is 2.33 bits per heavy atom. The van der Waals surface area contributed by atoms with Crippen molar-refractivity contribution in [2.45, 2.75) is 37.9 Å². The fourth-order valence-corrected chi connectivity index (χ4v) is 1.47. The Labute approximate surface area is 57.2 Å². The molecule has 0 aromatic carbocycles. The van der Waals surface area contributed by atoms with Gasteiger partial charge in [-0.2, -0.15) is 0 Å². The Morgan fingerprint density at radius 3 is 2.67 bits per heavy atom. The van der Waals surface area contributed by atoms with Gasteiger partial charge in [0.2, 0.25) is 0 Å². The molecule has 9 heavy (non-hydrogen) atoms. The van der Waals surface area contributed by atoms with Crippen LogP contribution >= 0.6 is 0 Å². The van der Waals surface area contributed by atoms with Crippen LogP contribution in [0.4, 0.5) is 0 Å². The quantitative estimate of drug-likeness (QED) is 0.439. The smallest absolute Gasteiger partial charge is 0.132 e. The van der Waals surface area contributed by atoms with Crippen molar-refractivity contribution < 1.29 is 4.79 Å². The lowest BCUT2D eigenvalue weighted by Crippen LogP contribution is -2.19. The normalized spacial score (nSPS) is 36.8. The largest absolute Gasteiger partial charge is 0.300 e. The number of hydrogen-bond acceptors (Lipinski definition) is 1. The first-order valence-electron chi connectivity index (χ1n) is 3.62. The van der Waals surface area contributed by atoms with Crippen LogP contribution < -0.4 is 0 Å². The van der Waals surface area contributed by atoms with Crippen LogP contribution in [0, 0.1) is 0 Å². The van der Waals surface area contributed by atoms with E-state index in [2.05, 4.69) is 14.8 Å². The highest BCUT2D eigenvalue weighted by molar-refractivity contribution is 6.16. The lowest BCUT2D eigenvalue weighted by molar-refractivity contribution is -0.121. The van der Waals surface area contributed by atoms with Gasteiger partial charge in [0.25, 0.3) is 0 Å². The summed E-state index contributed by atoms with van der Waals surface area (Å²) in [7, 11) is 2.17. The molecule has 1 unspecified atom stereocenters. The summed E-state index contributed by atoms with van der Waals surface area (Å²) in [5, 5.41) is 0.301. The first kappa shape index (κ1) is 6.85. The summed E-state index contributed by atoms with van der Waals surface area (Å²) in [6.45, 7) is 2.17. The maximum absolute atomic E-state index is 10.9. The molecule has 1 nitrogen and oxygen atoms in total. The molecule has 1 rings (SSSR count). The minimum absolute atomic E-state index is 0.301. The van der Waals surface area contributed by atoms with Gasteiger partial charge >= 0.3 is 0 Å². The molecule has 2 heteroatoms. The maximum atomic E-state index is 10.9. The van der Waals surface area contributed by atoms with Gasteiger partial charge < -0.3 is 0 Å². The first-order chi connectivity index (χ1) is 4.10. The van der Waals surface area contributed by atoms with E-state index in [0.717, 1.165) is 19.3 Å². The number of rotatable bonds is 0. The van der Waals surface area contributed by atoms with E-state index in [1.807, 2.05) is 0 Å². The van der Waals surface area contributed by atoms with Gasteiger partial charge in [0, 0.05) is 12.8 Å². The summed E-state index contributed by atoms with van der Waals surface area (Å²) in [6.07, 6.45) is 3.95. The summed E-state index contributed by atoms with van der Waals surface area (Å²) in [4.78, 5) is 10.9. The van der Waals surface area contributed by atoms with Crippen LogP contribution in [0.5, 0.6) is 0 Å². The zero-order valence-corrected chi connectivity index (χ0v) is 6.24. The van der Waals surface area contributed by atoms with E-state index in [0.29, 0.717) is 11.1 Å². The average molecular weight is 124 g/mol. The summed E-state index contributed by atoms with van der Waals surface area (Å²) >= 11 is 0. The minimum Gasteiger partial charge on any atom is -0.300 e. The maximum Gasteiger partial charge on any atom is 0.132 e. The molecular weight excluding hydrogens is 111 g/mol. The zero-order chi connectivity index (χ0) is 6.91. The zero-order valence-electron chi connectivity index (χ0n) is 6.24. The number of carbonyl (C=O) groups is 1. The molecule has 0 saturated heterocycles. The van der Waals surface area contributed by atoms with Gasteiger partial charge in [0.1, 0.15) is 13.6 Å². The van der Waals surface area contributed by atoms with Crippen molar-refractivity contribution in [2.75, 3.05) is 0 Å². The van der Waals surface area contributed by atoms with Gasteiger partial charge in [-0.05, 0) is 6.42 Å². The Hall–Kier alpha value is -0.265. The van der Waals surface area contributed by atoms with E-state index < -0.39 is 0 Å². The average Bonchev–Trinajstić information content (AvgIpc) is 1.60. The molecule has 0 spiro atoms. The Balaban J connectivity index is 2.51. The highest BCUT2D eigenvalue weighted by Crippen LogP contribution is 2.36. The molecule has 0 N–H and O–H groups in total. The molecule has 0 aromatic heterocycles. The number of ketones is 1. The molecule has 0 heterocycles. The van der Waals surface area contributed by atoms with Gasteiger partial charge in [-0.1, -0.05) is 18.7 Å². The molecule has 50 valence electrons. The Morgan fingerprint density at radius 1 is 1.67 bits per heavy atom. The van der Waals surface area contributed by atoms with Crippen molar-refractivity contribution in [2.24, 2.45) is 0 Å². The van der Waals surface area contributed by atoms with E-state index in [4.69, 9.17) is 0 Å². The fraction of sp³-hybridized carbons (Fsp3) is 0.857. The molecular formula is C7H13BO. The number of carbonyl (C=O) groups excluding carboxylic acids is 1. The second kappa shape index (κ2) is 2.16. The molecule has 0 aromatic rings. The third-order valence-corrected chi connectivity index (χ3v) is 1.98. The minimum atomic E-state index is 0.301. The highest BCUT2D eigenvalue weighted by Gasteiger charge is 2.25. The van der Waals surface area contributed by atoms with Crippen LogP contribution in [0.25, 0.3) is 0 Å². The van der Waals surface area contributed by atoms with E-state index in [9.17, 15) is 4.79 Å². The van der Waals surface area contributed by atoms with Crippen molar-refractivity contribution in [3.05, 3.63) is 0 Å². The Bertz CT molecular complexity index is 129. The van der Waals surface area contributed by atoms with Crippen LogP contribution in [-0.2, 0) is 4.79 Å². The predicted molar refractivity (Wildman–Crippen MR) is 40.4 cm³/mol. The third kappa shape index (κ3) is 1.85. The topological polar surface area (TPSA) is 17.1 Å². The second-order valence-corrected chi connectivity index (χ2v) is 3.73. The molecule has 1 saturated carbocycles. The first-order valence-corrected chi connectivity index (χ1v) is 3.62. The third-order valence-electron chi connectivity index (χ3n) is 1.98. The fourth-order valence-electron chi connectivity index (χ4n) is 1.47. The molecule has 1 aliphatic rings. The van der Waals surface area contributed by atoms with E-state index >= 15 is 0 Å². The van der Waals surface area contributed by atoms with Crippen molar-refractivity contribution >= 4 is 13.6 Å². The predicted octanol–water partition coefficient (Wildman–Crippen LogP) is 0.941. The SMILES string of the molecule is BC1(C)CCCC(=O)C1. The second-order valence-electron chi connectivity index (χ2n) is 3.73. The van der Waals surface area contributed by atoms with Crippen LogP contribution in [0.2, 0.25) is 5.31 Å². The molecule has 1 fully saturated rings. The summed E-state index contributed by atoms with van der Waals surface area (Å²) in [6, 6.07) is 0. The van der Waals surface area contributed by atoms with E-state index in [1.54, 1.807) is 0 Å². The monoisotopic (exact) mass is 124 g/mol. The van der Waals surface area contributed by atoms with Crippen molar-refractivity contribution in [3.63, 3.8) is 0 Å². The van der Waals surface area contributed by atoms with Crippen LogP contribution in [-0.4, -0.2) is 13.6 Å². The van der Waals surface area contributed by atoms with E-state index in [1.165, 1.54) is 6.42 Å². The van der Waals surface area contributed by atoms with Gasteiger partial charge in [0.05, 0.1) is 0 Å². The van der Waals surface area contributed by atoms with Gasteiger partial charge in [-0.15, -0.1) is 0 Å². The van der Waals surface area contributed by atoms with Crippen LogP contribution in [0.3, 0.4) is 0 Å². The van der Waals surface area contributed by atoms with Gasteiger partial charge in [-0.25, -0.2) is 0 Å². The van der Waals surface area contributed by atoms with Crippen LogP contribution in [0.15, 0.2) is 0 Å². The molecule has 0 radical (unpaired) electrons. The number of Topliss-reactive ketones (excluding diaryl/α,β-unsaturated/α-hetero) is 1. The summed E-state index contributed by atoms with van der Waals surface area (Å²) in [5.74, 6) is 0.450. The highest BCUT2D eigenvalue weighted by atomic mass is 16.1.